The molecule has 3 aromatic rings. The lowest BCUT2D eigenvalue weighted by Gasteiger charge is -2.35. The average molecular weight is 506 g/mol. The van der Waals surface area contributed by atoms with Gasteiger partial charge in [0.15, 0.2) is 0 Å². The van der Waals surface area contributed by atoms with Gasteiger partial charge in [0.05, 0.1) is 17.7 Å². The summed E-state index contributed by atoms with van der Waals surface area (Å²) in [6.07, 6.45) is -2.32. The van der Waals surface area contributed by atoms with Gasteiger partial charge in [-0.2, -0.15) is 13.2 Å². The minimum atomic E-state index is -4.44. The van der Waals surface area contributed by atoms with E-state index >= 15 is 0 Å². The summed E-state index contributed by atoms with van der Waals surface area (Å²) >= 11 is 1.49. The number of piperidine rings is 1. The Morgan fingerprint density at radius 3 is 2.49 bits per heavy atom. The van der Waals surface area contributed by atoms with Gasteiger partial charge in [-0.3, -0.25) is 15.0 Å². The molecule has 184 valence electrons. The zero-order valence-electron chi connectivity index (χ0n) is 18.2. The first-order valence-corrected chi connectivity index (χ1v) is 11.4. The van der Waals surface area contributed by atoms with Gasteiger partial charge in [-0.15, -0.1) is 0 Å². The van der Waals surface area contributed by atoms with Crippen LogP contribution in [0.3, 0.4) is 0 Å². The molecule has 1 saturated heterocycles. The van der Waals surface area contributed by atoms with E-state index in [1.807, 2.05) is 28.6 Å². The number of aliphatic hydroxyl groups excluding tert-OH is 1. The number of β-amino-alcohol motifs (C(OH)–C–C–N with tert-alkyl or cyclic N) is 1. The second-order valence-corrected chi connectivity index (χ2v) is 9.08. The van der Waals surface area contributed by atoms with Crippen LogP contribution in [-0.2, 0) is 6.18 Å². The maximum Gasteiger partial charge on any atom is 0.417 e. The van der Waals surface area contributed by atoms with Crippen molar-refractivity contribution in [1.29, 1.82) is 0 Å². The summed E-state index contributed by atoms with van der Waals surface area (Å²) in [6.45, 7) is 1.03. The Labute approximate surface area is 203 Å². The third-order valence-corrected chi connectivity index (χ3v) is 6.56. The molecule has 1 aliphatic rings. The van der Waals surface area contributed by atoms with E-state index < -0.39 is 23.8 Å². The molecule has 0 bridgehead atoms. The monoisotopic (exact) mass is 505 g/mol. The maximum atomic E-state index is 12.7. The molecule has 12 heteroatoms. The zero-order valence-corrected chi connectivity index (χ0v) is 19.1. The van der Waals surface area contributed by atoms with Crippen LogP contribution in [0.2, 0.25) is 0 Å². The molecule has 8 nitrogen and oxygen atoms in total. The van der Waals surface area contributed by atoms with Crippen molar-refractivity contribution in [3.05, 3.63) is 72.2 Å². The highest BCUT2D eigenvalue weighted by Crippen LogP contribution is 2.31. The number of nitrogens with zero attached hydrogens (tertiary/aromatic N) is 3. The van der Waals surface area contributed by atoms with Crippen LogP contribution >= 0.6 is 11.9 Å². The van der Waals surface area contributed by atoms with Crippen LogP contribution in [0.4, 0.5) is 19.0 Å². The third kappa shape index (κ3) is 6.28. The minimum Gasteiger partial charge on any atom is -0.390 e. The first-order chi connectivity index (χ1) is 16.7. The average Bonchev–Trinajstić information content (AvgIpc) is 2.85. The number of rotatable bonds is 6. The Hall–Kier alpha value is -3.19. The predicted molar refractivity (Wildman–Crippen MR) is 124 cm³/mol. The summed E-state index contributed by atoms with van der Waals surface area (Å²) in [5.41, 5.74) is 2.49. The second-order valence-electron chi connectivity index (χ2n) is 7.91. The van der Waals surface area contributed by atoms with Crippen LogP contribution in [-0.4, -0.2) is 55.7 Å². The van der Waals surface area contributed by atoms with E-state index in [1.54, 1.807) is 17.6 Å². The molecule has 2 unspecified atom stereocenters. The second kappa shape index (κ2) is 10.6. The fraction of sp³-hybridized carbons (Fsp3) is 0.261. The van der Waals surface area contributed by atoms with E-state index in [1.165, 1.54) is 24.2 Å². The number of hydroxylamine groups is 1. The summed E-state index contributed by atoms with van der Waals surface area (Å²) < 4.78 is 40.1. The largest absolute Gasteiger partial charge is 0.417 e. The lowest BCUT2D eigenvalue weighted by atomic mass is 10.0. The molecule has 2 aromatic heterocycles. The molecule has 4 N–H and O–H groups in total. The summed E-state index contributed by atoms with van der Waals surface area (Å²) in [7, 11) is 0. The van der Waals surface area contributed by atoms with Gasteiger partial charge in [0.2, 0.25) is 0 Å². The fourth-order valence-electron chi connectivity index (χ4n) is 3.64. The Kier molecular flexibility index (Phi) is 7.55. The molecule has 0 aliphatic carbocycles. The summed E-state index contributed by atoms with van der Waals surface area (Å²) in [6, 6.07) is 12.9. The summed E-state index contributed by atoms with van der Waals surface area (Å²) in [4.78, 5) is 20.3. The molecular formula is C23H22F3N5O3S. The van der Waals surface area contributed by atoms with Crippen LogP contribution in [0.5, 0.6) is 0 Å². The quantitative estimate of drug-likeness (QED) is 0.227. The van der Waals surface area contributed by atoms with E-state index in [0.29, 0.717) is 19.5 Å². The standard InChI is InChI=1S/C23H22F3N5O3S/c24-23(25,26)16-3-6-21(28-12-16)29-18-8-10-31(13-20(18)32)35-17-4-1-14(2-5-17)15-7-9-27-19(11-15)22(33)30-34/h1-7,9,11-12,18,20,32,34H,8,10,13H2,(H,28,29)(H,30,33). The number of alkyl halides is 3. The Morgan fingerprint density at radius 2 is 1.86 bits per heavy atom. The highest BCUT2D eigenvalue weighted by molar-refractivity contribution is 7.97. The number of aromatic nitrogens is 2. The van der Waals surface area contributed by atoms with Gasteiger partial charge >= 0.3 is 6.18 Å². The van der Waals surface area contributed by atoms with Crippen LogP contribution in [0.1, 0.15) is 22.5 Å². The molecule has 0 spiro atoms. The van der Waals surface area contributed by atoms with Crippen molar-refractivity contribution in [2.45, 2.75) is 29.6 Å². The number of benzene rings is 1. The van der Waals surface area contributed by atoms with Gasteiger partial charge in [-0.1, -0.05) is 12.1 Å². The number of carbonyl (C=O) groups is 1. The zero-order chi connectivity index (χ0) is 25.0. The summed E-state index contributed by atoms with van der Waals surface area (Å²) in [5.74, 6) is -0.404. The van der Waals surface area contributed by atoms with Crippen molar-refractivity contribution in [3.8, 4) is 11.1 Å². The van der Waals surface area contributed by atoms with Crippen molar-refractivity contribution in [3.63, 3.8) is 0 Å². The molecular weight excluding hydrogens is 483 g/mol. The number of halogens is 3. The number of aliphatic hydroxyl groups is 1. The Bertz CT molecular complexity index is 1160. The molecule has 0 saturated carbocycles. The molecule has 2 atom stereocenters. The van der Waals surface area contributed by atoms with Crippen LogP contribution < -0.4 is 10.8 Å². The lowest BCUT2D eigenvalue weighted by molar-refractivity contribution is -0.137. The van der Waals surface area contributed by atoms with E-state index in [4.69, 9.17) is 5.21 Å². The first-order valence-electron chi connectivity index (χ1n) is 10.6. The van der Waals surface area contributed by atoms with Crippen molar-refractivity contribution >= 4 is 23.7 Å². The van der Waals surface area contributed by atoms with Crippen LogP contribution in [0, 0.1) is 0 Å². The number of hydrogen-bond donors (Lipinski definition) is 4. The van der Waals surface area contributed by atoms with Gasteiger partial charge < -0.3 is 10.4 Å². The first kappa shape index (κ1) is 24.9. The Balaban J connectivity index is 1.32. The van der Waals surface area contributed by atoms with Crippen LogP contribution in [0.25, 0.3) is 11.1 Å². The number of hydrogen-bond acceptors (Lipinski definition) is 8. The number of amides is 1. The molecule has 1 aromatic carbocycles. The molecule has 1 amide bonds. The van der Waals surface area contributed by atoms with E-state index in [2.05, 4.69) is 15.3 Å². The van der Waals surface area contributed by atoms with Gasteiger partial charge in [0, 0.05) is 30.4 Å². The molecule has 1 fully saturated rings. The van der Waals surface area contributed by atoms with Crippen molar-refractivity contribution in [1.82, 2.24) is 19.8 Å². The molecule has 4 rings (SSSR count). The topological polar surface area (TPSA) is 111 Å². The molecule has 35 heavy (non-hydrogen) atoms. The van der Waals surface area contributed by atoms with Gasteiger partial charge in [-0.05, 0) is 65.9 Å². The van der Waals surface area contributed by atoms with Crippen LogP contribution in [0.15, 0.2) is 65.8 Å². The number of pyridine rings is 2. The molecule has 0 radical (unpaired) electrons. The number of carbonyl (C=O) groups excluding carboxylic acids is 1. The summed E-state index contributed by atoms with van der Waals surface area (Å²) in [5, 5.41) is 22.4. The van der Waals surface area contributed by atoms with Gasteiger partial charge in [-0.25, -0.2) is 14.8 Å². The van der Waals surface area contributed by atoms with Gasteiger partial charge in [0.25, 0.3) is 5.91 Å². The van der Waals surface area contributed by atoms with Crippen molar-refractivity contribution in [2.75, 3.05) is 18.4 Å². The highest BCUT2D eigenvalue weighted by Gasteiger charge is 2.31. The lowest BCUT2D eigenvalue weighted by Crippen LogP contribution is -2.47. The number of anilines is 1. The fourth-order valence-corrected chi connectivity index (χ4v) is 4.62. The molecule has 3 heterocycles. The predicted octanol–water partition coefficient (Wildman–Crippen LogP) is 3.84. The SMILES string of the molecule is O=C(NO)c1cc(-c2ccc(SN3CCC(Nc4ccc(C(F)(F)F)cn4)C(O)C3)cc2)ccn1. The highest BCUT2D eigenvalue weighted by atomic mass is 32.2. The normalized spacial score (nSPS) is 18.8. The third-order valence-electron chi connectivity index (χ3n) is 5.49. The van der Waals surface area contributed by atoms with E-state index in [9.17, 15) is 23.1 Å². The van der Waals surface area contributed by atoms with E-state index in [-0.39, 0.29) is 17.6 Å². The van der Waals surface area contributed by atoms with E-state index in [0.717, 1.165) is 28.3 Å². The molecule has 1 aliphatic heterocycles. The minimum absolute atomic E-state index is 0.0976. The van der Waals surface area contributed by atoms with Crippen molar-refractivity contribution in [2.24, 2.45) is 0 Å². The smallest absolute Gasteiger partial charge is 0.390 e. The Morgan fingerprint density at radius 1 is 1.09 bits per heavy atom. The maximum absolute atomic E-state index is 12.7. The van der Waals surface area contributed by atoms with Crippen molar-refractivity contribution < 1.29 is 28.3 Å². The van der Waals surface area contributed by atoms with Gasteiger partial charge in [0.1, 0.15) is 11.5 Å². The number of nitrogens with one attached hydrogen (secondary N) is 2.